The summed E-state index contributed by atoms with van der Waals surface area (Å²) in [5.74, 6) is -1.81. The highest BCUT2D eigenvalue weighted by atomic mass is 16.5. The summed E-state index contributed by atoms with van der Waals surface area (Å²) in [4.78, 5) is 43.1. The van der Waals surface area contributed by atoms with Gasteiger partial charge in [-0.1, -0.05) is 6.08 Å². The van der Waals surface area contributed by atoms with Crippen molar-refractivity contribution in [2.45, 2.75) is 37.3 Å². The molecule has 29 heavy (non-hydrogen) atoms. The number of carbonyl (C=O) groups is 2. The number of aliphatic carboxylic acids is 1. The van der Waals surface area contributed by atoms with E-state index in [4.69, 9.17) is 27.7 Å². The van der Waals surface area contributed by atoms with Gasteiger partial charge in [-0.3, -0.25) is 14.4 Å². The number of nitrogens with zero attached hydrogens (tertiary/aromatic N) is 3. The summed E-state index contributed by atoms with van der Waals surface area (Å²) in [6.45, 7) is 0.271. The molecule has 0 saturated heterocycles. The lowest BCUT2D eigenvalue weighted by molar-refractivity contribution is -0.159. The van der Waals surface area contributed by atoms with E-state index in [1.807, 2.05) is 0 Å². The molecule has 0 fully saturated rings. The molecule has 2 heterocycles. The van der Waals surface area contributed by atoms with Crippen LogP contribution in [-0.2, 0) is 14.3 Å². The summed E-state index contributed by atoms with van der Waals surface area (Å²) in [6.07, 6.45) is 2.12. The number of nitrogens with two attached hydrogens (primary N) is 4. The van der Waals surface area contributed by atoms with Gasteiger partial charge in [0.15, 0.2) is 18.3 Å². The molecule has 1 aromatic rings. The van der Waals surface area contributed by atoms with Crippen LogP contribution in [0.5, 0.6) is 0 Å². The number of aromatic nitrogens is 2. The maximum atomic E-state index is 12.2. The van der Waals surface area contributed by atoms with Crippen LogP contribution in [0, 0.1) is 0 Å². The van der Waals surface area contributed by atoms with Gasteiger partial charge in [-0.15, -0.1) is 0 Å². The van der Waals surface area contributed by atoms with E-state index in [0.717, 1.165) is 4.57 Å². The minimum atomic E-state index is -1.42. The number of anilines is 1. The Labute approximate surface area is 165 Å². The van der Waals surface area contributed by atoms with Crippen molar-refractivity contribution in [3.05, 3.63) is 34.9 Å². The summed E-state index contributed by atoms with van der Waals surface area (Å²) in [7, 11) is 0. The zero-order valence-corrected chi connectivity index (χ0v) is 15.5. The second kappa shape index (κ2) is 9.66. The molecule has 2 rings (SSSR count). The number of rotatable bonds is 8. The Bertz CT molecular complexity index is 863. The second-order valence-corrected chi connectivity index (χ2v) is 6.37. The van der Waals surface area contributed by atoms with E-state index >= 15 is 0 Å². The summed E-state index contributed by atoms with van der Waals surface area (Å²) in [6, 6.07) is -0.0768. The largest absolute Gasteiger partial charge is 0.479 e. The predicted octanol–water partition coefficient (Wildman–Crippen LogP) is -2.77. The average molecular weight is 408 g/mol. The molecule has 13 nitrogen and oxygen atoms in total. The van der Waals surface area contributed by atoms with Crippen molar-refractivity contribution >= 4 is 23.7 Å². The molecule has 10 N–H and O–H groups in total. The van der Waals surface area contributed by atoms with Gasteiger partial charge in [0.1, 0.15) is 5.82 Å². The highest BCUT2D eigenvalue weighted by Crippen LogP contribution is 2.20. The van der Waals surface area contributed by atoms with Gasteiger partial charge in [-0.25, -0.2) is 9.59 Å². The van der Waals surface area contributed by atoms with Gasteiger partial charge in [-0.2, -0.15) is 4.98 Å². The molecule has 0 saturated carbocycles. The fraction of sp³-hybridized carbons (Fsp3) is 0.438. The van der Waals surface area contributed by atoms with Crippen LogP contribution in [0.15, 0.2) is 34.2 Å². The summed E-state index contributed by atoms with van der Waals surface area (Å²) in [5, 5.41) is 12.0. The van der Waals surface area contributed by atoms with Gasteiger partial charge in [0.05, 0.1) is 6.04 Å². The fourth-order valence-corrected chi connectivity index (χ4v) is 2.65. The molecule has 0 aromatic carbocycles. The third kappa shape index (κ3) is 6.29. The monoisotopic (exact) mass is 408 g/mol. The van der Waals surface area contributed by atoms with Crippen LogP contribution >= 0.6 is 0 Å². The van der Waals surface area contributed by atoms with Crippen molar-refractivity contribution < 1.29 is 19.4 Å². The van der Waals surface area contributed by atoms with Crippen LogP contribution in [0.4, 0.5) is 5.82 Å². The molecule has 0 aliphatic carbocycles. The molecule has 1 amide bonds. The van der Waals surface area contributed by atoms with Crippen LogP contribution in [-0.4, -0.2) is 57.2 Å². The zero-order valence-electron chi connectivity index (χ0n) is 15.5. The van der Waals surface area contributed by atoms with Crippen molar-refractivity contribution in [1.29, 1.82) is 0 Å². The first kappa shape index (κ1) is 21.8. The summed E-state index contributed by atoms with van der Waals surface area (Å²) >= 11 is 0. The number of guanidine groups is 1. The number of amides is 1. The molecule has 158 valence electrons. The minimum absolute atomic E-state index is 0.0298. The van der Waals surface area contributed by atoms with Gasteiger partial charge < -0.3 is 38.1 Å². The number of nitrogen functional groups attached to an aromatic ring is 1. The first-order chi connectivity index (χ1) is 13.7. The van der Waals surface area contributed by atoms with Gasteiger partial charge >= 0.3 is 11.7 Å². The highest BCUT2D eigenvalue weighted by Gasteiger charge is 2.35. The number of carboxylic acids is 1. The number of carbonyl (C=O) groups excluding carboxylic acids is 1. The molecule has 1 aliphatic heterocycles. The van der Waals surface area contributed by atoms with Gasteiger partial charge in [0.25, 0.3) is 0 Å². The third-order valence-electron chi connectivity index (χ3n) is 4.03. The molecule has 4 atom stereocenters. The SMILES string of the molecule is NC(N)=NCCC(N)CC(=O)N[C@H]1C=C[C@H](n2ccc(N)nc2=O)O[C@@H]1C(=O)O. The van der Waals surface area contributed by atoms with Crippen molar-refractivity contribution in [3.63, 3.8) is 0 Å². The quantitative estimate of drug-likeness (QED) is 0.147. The lowest BCUT2D eigenvalue weighted by atomic mass is 10.1. The van der Waals surface area contributed by atoms with E-state index in [0.29, 0.717) is 6.42 Å². The van der Waals surface area contributed by atoms with Crippen molar-refractivity contribution in [2.24, 2.45) is 22.2 Å². The Hall–Kier alpha value is -3.45. The molecule has 0 radical (unpaired) electrons. The van der Waals surface area contributed by atoms with Crippen LogP contribution in [0.3, 0.4) is 0 Å². The molecule has 1 aliphatic rings. The molecule has 1 aromatic heterocycles. The third-order valence-corrected chi connectivity index (χ3v) is 4.03. The predicted molar refractivity (Wildman–Crippen MR) is 103 cm³/mol. The lowest BCUT2D eigenvalue weighted by Crippen LogP contribution is -2.51. The molecular weight excluding hydrogens is 384 g/mol. The van der Waals surface area contributed by atoms with E-state index in [-0.39, 0.29) is 24.7 Å². The van der Waals surface area contributed by atoms with E-state index in [1.165, 1.54) is 24.4 Å². The van der Waals surface area contributed by atoms with Crippen LogP contribution < -0.4 is 33.9 Å². The lowest BCUT2D eigenvalue weighted by Gasteiger charge is -2.31. The Morgan fingerprint density at radius 3 is 2.72 bits per heavy atom. The standard InChI is InChI=1S/C16H24N8O5/c17-8(3-5-21-15(19)20)7-11(25)22-9-1-2-12(29-13(9)14(26)27)24-6-4-10(18)23-16(24)28/h1-2,4,6,8-9,12-13H,3,5,7,17H2,(H,22,25)(H,26,27)(H2,18,23,28)(H4,19,20,21)/t8?,9-,12+,13-/m0/s1. The van der Waals surface area contributed by atoms with Crippen molar-refractivity contribution in [2.75, 3.05) is 12.3 Å². The Morgan fingerprint density at radius 1 is 1.38 bits per heavy atom. The average Bonchev–Trinajstić information content (AvgIpc) is 2.61. The molecule has 0 bridgehead atoms. The first-order valence-electron chi connectivity index (χ1n) is 8.69. The number of nitrogens with one attached hydrogen (secondary N) is 1. The van der Waals surface area contributed by atoms with Crippen molar-refractivity contribution in [1.82, 2.24) is 14.9 Å². The normalized spacial score (nSPS) is 21.9. The van der Waals surface area contributed by atoms with Gasteiger partial charge in [0, 0.05) is 25.2 Å². The Morgan fingerprint density at radius 2 is 2.10 bits per heavy atom. The summed E-state index contributed by atoms with van der Waals surface area (Å²) < 4.78 is 6.55. The number of aliphatic imine (C=N–C) groups is 1. The van der Waals surface area contributed by atoms with Crippen LogP contribution in [0.2, 0.25) is 0 Å². The second-order valence-electron chi connectivity index (χ2n) is 6.37. The Balaban J connectivity index is 2.03. The van der Waals surface area contributed by atoms with E-state index < -0.39 is 42.0 Å². The molecular formula is C16H24N8O5. The fourth-order valence-electron chi connectivity index (χ4n) is 2.65. The number of hydrogen-bond donors (Lipinski definition) is 6. The van der Waals surface area contributed by atoms with Crippen LogP contribution in [0.1, 0.15) is 19.1 Å². The maximum Gasteiger partial charge on any atom is 0.351 e. The minimum Gasteiger partial charge on any atom is -0.479 e. The van der Waals surface area contributed by atoms with Crippen molar-refractivity contribution in [3.8, 4) is 0 Å². The van der Waals surface area contributed by atoms with Gasteiger partial charge in [-0.05, 0) is 18.6 Å². The zero-order chi connectivity index (χ0) is 21.6. The van der Waals surface area contributed by atoms with E-state index in [1.54, 1.807) is 0 Å². The Kier molecular flexibility index (Phi) is 7.27. The van der Waals surface area contributed by atoms with Crippen LogP contribution in [0.25, 0.3) is 0 Å². The molecule has 0 spiro atoms. The highest BCUT2D eigenvalue weighted by molar-refractivity contribution is 5.80. The number of carboxylic acid groups (broad SMARTS) is 1. The van der Waals surface area contributed by atoms with Gasteiger partial charge in [0.2, 0.25) is 5.91 Å². The molecule has 1 unspecified atom stereocenters. The maximum absolute atomic E-state index is 12.2. The van der Waals surface area contributed by atoms with E-state index in [9.17, 15) is 19.5 Å². The number of ether oxygens (including phenoxy) is 1. The smallest absolute Gasteiger partial charge is 0.351 e. The van der Waals surface area contributed by atoms with E-state index in [2.05, 4.69) is 15.3 Å². The molecule has 13 heteroatoms. The summed E-state index contributed by atoms with van der Waals surface area (Å²) in [5.41, 5.74) is 21.0. The topological polar surface area (TPSA) is 227 Å². The first-order valence-corrected chi connectivity index (χ1v) is 8.69. The number of hydrogen-bond acceptors (Lipinski definition) is 8.